The molecule has 0 fully saturated rings. The minimum Gasteiger partial charge on any atom is -0.476 e. The molecule has 0 aromatic carbocycles. The number of halogens is 2. The minimum absolute atomic E-state index is 0.386. The van der Waals surface area contributed by atoms with Crippen LogP contribution in [0.3, 0.4) is 0 Å². The monoisotopic (exact) mass is 320 g/mol. The van der Waals surface area contributed by atoms with E-state index in [1.165, 1.54) is 25.6 Å². The van der Waals surface area contributed by atoms with Crippen molar-refractivity contribution in [2.24, 2.45) is 5.92 Å². The molecule has 0 saturated carbocycles. The van der Waals surface area contributed by atoms with Crippen molar-refractivity contribution in [1.29, 1.82) is 0 Å². The topological polar surface area (TPSA) is 35.0 Å². The van der Waals surface area contributed by atoms with Gasteiger partial charge in [0.15, 0.2) is 5.15 Å². The van der Waals surface area contributed by atoms with Gasteiger partial charge in [0.1, 0.15) is 10.8 Å². The first-order valence-electron chi connectivity index (χ1n) is 5.97. The van der Waals surface area contributed by atoms with Gasteiger partial charge >= 0.3 is 0 Å². The van der Waals surface area contributed by atoms with Gasteiger partial charge < -0.3 is 4.74 Å². The summed E-state index contributed by atoms with van der Waals surface area (Å²) < 4.78 is 6.32. The van der Waals surface area contributed by atoms with Crippen LogP contribution in [0.15, 0.2) is 10.8 Å². The van der Waals surface area contributed by atoms with Crippen LogP contribution in [0.25, 0.3) is 0 Å². The summed E-state index contributed by atoms with van der Waals surface area (Å²) in [5.74, 6) is 1.11. The summed E-state index contributed by atoms with van der Waals surface area (Å²) in [5.41, 5.74) is 0. The second kappa shape index (κ2) is 7.88. The number of hydrogen-bond acceptors (Lipinski definition) is 3. The number of ether oxygens (including phenoxy) is 1. The Hall–Kier alpha value is -0.350. The molecule has 96 valence electrons. The SMILES string of the molecule is CCCCC(CC)COc1ncnc(Cl)c1Br. The molecule has 0 bridgehead atoms. The summed E-state index contributed by atoms with van der Waals surface area (Å²) in [5, 5.41) is 0.386. The normalized spacial score (nSPS) is 12.5. The summed E-state index contributed by atoms with van der Waals surface area (Å²) >= 11 is 9.19. The molecule has 1 rings (SSSR count). The van der Waals surface area contributed by atoms with Crippen molar-refractivity contribution >= 4 is 27.5 Å². The molecule has 1 heterocycles. The van der Waals surface area contributed by atoms with Crippen molar-refractivity contribution in [3.8, 4) is 5.88 Å². The lowest BCUT2D eigenvalue weighted by molar-refractivity contribution is 0.224. The van der Waals surface area contributed by atoms with Crippen molar-refractivity contribution < 1.29 is 4.74 Å². The maximum atomic E-state index is 5.87. The van der Waals surface area contributed by atoms with Crippen molar-refractivity contribution in [3.63, 3.8) is 0 Å². The van der Waals surface area contributed by atoms with Gasteiger partial charge in [-0.05, 0) is 28.3 Å². The van der Waals surface area contributed by atoms with Gasteiger partial charge in [-0.2, -0.15) is 0 Å². The fourth-order valence-electron chi connectivity index (χ4n) is 1.53. The van der Waals surface area contributed by atoms with Crippen molar-refractivity contribution in [3.05, 3.63) is 16.0 Å². The largest absolute Gasteiger partial charge is 0.476 e. The summed E-state index contributed by atoms with van der Waals surface area (Å²) in [6.45, 7) is 5.07. The summed E-state index contributed by atoms with van der Waals surface area (Å²) in [7, 11) is 0. The molecule has 0 aliphatic carbocycles. The molecule has 1 aromatic heterocycles. The average molecular weight is 322 g/mol. The van der Waals surface area contributed by atoms with E-state index >= 15 is 0 Å². The zero-order valence-electron chi connectivity index (χ0n) is 10.2. The molecule has 1 unspecified atom stereocenters. The highest BCUT2D eigenvalue weighted by Gasteiger charge is 2.11. The van der Waals surface area contributed by atoms with Gasteiger partial charge in [-0.15, -0.1) is 0 Å². The van der Waals surface area contributed by atoms with E-state index in [4.69, 9.17) is 16.3 Å². The Kier molecular flexibility index (Phi) is 6.82. The zero-order chi connectivity index (χ0) is 12.7. The lowest BCUT2D eigenvalue weighted by atomic mass is 10.0. The molecular weight excluding hydrogens is 304 g/mol. The first-order chi connectivity index (χ1) is 8.19. The number of nitrogens with zero attached hydrogens (tertiary/aromatic N) is 2. The van der Waals surface area contributed by atoms with Gasteiger partial charge in [-0.1, -0.05) is 44.7 Å². The van der Waals surface area contributed by atoms with Gasteiger partial charge in [0.2, 0.25) is 5.88 Å². The Morgan fingerprint density at radius 3 is 2.82 bits per heavy atom. The average Bonchev–Trinajstić information content (AvgIpc) is 2.34. The minimum atomic E-state index is 0.386. The van der Waals surface area contributed by atoms with Crippen molar-refractivity contribution in [2.45, 2.75) is 39.5 Å². The van der Waals surface area contributed by atoms with Crippen molar-refractivity contribution in [2.75, 3.05) is 6.61 Å². The molecule has 0 aliphatic rings. The Morgan fingerprint density at radius 2 is 2.18 bits per heavy atom. The fraction of sp³-hybridized carbons (Fsp3) is 0.667. The smallest absolute Gasteiger partial charge is 0.232 e. The van der Waals surface area contributed by atoms with Crippen LogP contribution in [0.5, 0.6) is 5.88 Å². The first kappa shape index (κ1) is 14.7. The molecule has 0 N–H and O–H groups in total. The molecule has 0 amide bonds. The van der Waals surface area contributed by atoms with Crippen LogP contribution in [0.1, 0.15) is 39.5 Å². The second-order valence-corrected chi connectivity index (χ2v) is 5.16. The molecule has 5 heteroatoms. The summed E-state index contributed by atoms with van der Waals surface area (Å²) in [6.07, 6.45) is 6.20. The third-order valence-corrected chi connectivity index (χ3v) is 3.94. The first-order valence-corrected chi connectivity index (χ1v) is 7.14. The van der Waals surface area contributed by atoms with Crippen LogP contribution in [0.4, 0.5) is 0 Å². The lowest BCUT2D eigenvalue weighted by Gasteiger charge is -2.15. The number of aromatic nitrogens is 2. The van der Waals surface area contributed by atoms with Gasteiger partial charge in [-0.3, -0.25) is 0 Å². The van der Waals surface area contributed by atoms with E-state index in [0.29, 0.717) is 28.0 Å². The van der Waals surface area contributed by atoms with Gasteiger partial charge in [-0.25, -0.2) is 9.97 Å². The third kappa shape index (κ3) is 4.80. The molecule has 3 nitrogen and oxygen atoms in total. The Labute approximate surface area is 116 Å². The number of hydrogen-bond donors (Lipinski definition) is 0. The molecule has 0 radical (unpaired) electrons. The van der Waals surface area contributed by atoms with Crippen LogP contribution < -0.4 is 4.74 Å². The summed E-state index contributed by atoms with van der Waals surface area (Å²) in [4.78, 5) is 7.92. The maximum absolute atomic E-state index is 5.87. The quantitative estimate of drug-likeness (QED) is 0.694. The van der Waals surface area contributed by atoms with E-state index < -0.39 is 0 Å². The van der Waals surface area contributed by atoms with E-state index in [0.717, 1.165) is 6.42 Å². The van der Waals surface area contributed by atoms with E-state index in [1.807, 2.05) is 0 Å². The van der Waals surface area contributed by atoms with E-state index in [-0.39, 0.29) is 0 Å². The molecule has 1 aromatic rings. The maximum Gasteiger partial charge on any atom is 0.232 e. The summed E-state index contributed by atoms with van der Waals surface area (Å²) in [6, 6.07) is 0. The van der Waals surface area contributed by atoms with Crippen LogP contribution in [-0.4, -0.2) is 16.6 Å². The fourth-order valence-corrected chi connectivity index (χ4v) is 1.97. The molecule has 17 heavy (non-hydrogen) atoms. The molecular formula is C12H18BrClN2O. The third-order valence-electron chi connectivity index (χ3n) is 2.71. The van der Waals surface area contributed by atoms with Crippen LogP contribution in [0.2, 0.25) is 5.15 Å². The van der Waals surface area contributed by atoms with E-state index in [9.17, 15) is 0 Å². The van der Waals surface area contributed by atoms with E-state index in [1.54, 1.807) is 0 Å². The molecule has 0 spiro atoms. The van der Waals surface area contributed by atoms with Crippen LogP contribution >= 0.6 is 27.5 Å². The predicted molar refractivity (Wildman–Crippen MR) is 73.5 cm³/mol. The van der Waals surface area contributed by atoms with Crippen LogP contribution in [-0.2, 0) is 0 Å². The number of unbranched alkanes of at least 4 members (excludes halogenated alkanes) is 1. The predicted octanol–water partition coefficient (Wildman–Crippen LogP) is 4.49. The van der Waals surface area contributed by atoms with Gasteiger partial charge in [0.25, 0.3) is 0 Å². The highest BCUT2D eigenvalue weighted by atomic mass is 79.9. The zero-order valence-corrected chi connectivity index (χ0v) is 12.6. The van der Waals surface area contributed by atoms with E-state index in [2.05, 4.69) is 39.7 Å². The standard InChI is InChI=1S/C12H18BrClN2O/c1-3-5-6-9(4-2)7-17-12-10(13)11(14)15-8-16-12/h8-9H,3-7H2,1-2H3. The van der Waals surface area contributed by atoms with Gasteiger partial charge in [0, 0.05) is 0 Å². The molecule has 1 atom stereocenters. The lowest BCUT2D eigenvalue weighted by Crippen LogP contribution is -2.12. The highest BCUT2D eigenvalue weighted by molar-refractivity contribution is 9.10. The van der Waals surface area contributed by atoms with Crippen LogP contribution in [0, 0.1) is 5.92 Å². The number of rotatable bonds is 7. The Bertz CT molecular complexity index is 349. The molecule has 0 aliphatic heterocycles. The Balaban J connectivity index is 2.50. The van der Waals surface area contributed by atoms with Gasteiger partial charge in [0.05, 0.1) is 6.61 Å². The molecule has 0 saturated heterocycles. The van der Waals surface area contributed by atoms with Crippen molar-refractivity contribution in [1.82, 2.24) is 9.97 Å². The Morgan fingerprint density at radius 1 is 1.41 bits per heavy atom. The second-order valence-electron chi connectivity index (χ2n) is 4.01. The highest BCUT2D eigenvalue weighted by Crippen LogP contribution is 2.28.